The Labute approximate surface area is 120 Å². The Hall–Kier alpha value is -2.25. The average molecular weight is 292 g/mol. The maximum atomic E-state index is 12.5. The fourth-order valence-electron chi connectivity index (χ4n) is 3.03. The van der Waals surface area contributed by atoms with Crippen LogP contribution in [0.2, 0.25) is 0 Å². The molecule has 8 heteroatoms. The highest BCUT2D eigenvalue weighted by atomic mass is 16.5. The summed E-state index contributed by atoms with van der Waals surface area (Å²) in [6.07, 6.45) is 3.70. The van der Waals surface area contributed by atoms with Gasteiger partial charge in [0.1, 0.15) is 12.5 Å². The smallest absolute Gasteiger partial charge is 0.331 e. The van der Waals surface area contributed by atoms with Crippen LogP contribution in [0.1, 0.15) is 37.4 Å². The van der Waals surface area contributed by atoms with E-state index in [-0.39, 0.29) is 18.4 Å². The SMILES string of the molecule is Cc1noc(CN2C(=O)NC(=O)C(C3CCCC3)C2=O)n1. The second-order valence-electron chi connectivity index (χ2n) is 5.48. The zero-order valence-corrected chi connectivity index (χ0v) is 11.7. The summed E-state index contributed by atoms with van der Waals surface area (Å²) in [4.78, 5) is 41.3. The van der Waals surface area contributed by atoms with Crippen molar-refractivity contribution < 1.29 is 18.9 Å². The highest BCUT2D eigenvalue weighted by Crippen LogP contribution is 2.34. The molecule has 0 bridgehead atoms. The summed E-state index contributed by atoms with van der Waals surface area (Å²) in [6, 6.07) is -0.727. The molecule has 0 spiro atoms. The Morgan fingerprint density at radius 3 is 2.62 bits per heavy atom. The summed E-state index contributed by atoms with van der Waals surface area (Å²) in [7, 11) is 0. The van der Waals surface area contributed by atoms with Crippen LogP contribution in [0.5, 0.6) is 0 Å². The van der Waals surface area contributed by atoms with Crippen molar-refractivity contribution in [3.8, 4) is 0 Å². The Balaban J connectivity index is 1.80. The summed E-state index contributed by atoms with van der Waals surface area (Å²) < 4.78 is 4.93. The minimum Gasteiger partial charge on any atom is -0.337 e. The third-order valence-electron chi connectivity index (χ3n) is 4.02. The number of nitrogens with one attached hydrogen (secondary N) is 1. The van der Waals surface area contributed by atoms with Gasteiger partial charge in [-0.25, -0.2) is 4.79 Å². The third kappa shape index (κ3) is 2.53. The van der Waals surface area contributed by atoms with Crippen LogP contribution in [0.25, 0.3) is 0 Å². The van der Waals surface area contributed by atoms with Crippen molar-refractivity contribution in [3.05, 3.63) is 11.7 Å². The first-order valence-electron chi connectivity index (χ1n) is 7.01. The second-order valence-corrected chi connectivity index (χ2v) is 5.48. The number of carbonyl (C=O) groups is 3. The Morgan fingerprint density at radius 1 is 1.29 bits per heavy atom. The molecule has 1 unspecified atom stereocenters. The van der Waals surface area contributed by atoms with Gasteiger partial charge in [0, 0.05) is 0 Å². The van der Waals surface area contributed by atoms with Crippen LogP contribution in [0.4, 0.5) is 4.79 Å². The molecule has 1 aromatic rings. The number of hydrogen-bond acceptors (Lipinski definition) is 6. The third-order valence-corrected chi connectivity index (χ3v) is 4.02. The van der Waals surface area contributed by atoms with Crippen LogP contribution in [0.15, 0.2) is 4.52 Å². The first-order valence-corrected chi connectivity index (χ1v) is 7.01. The molecule has 112 valence electrons. The molecule has 1 N–H and O–H groups in total. The van der Waals surface area contributed by atoms with Gasteiger partial charge in [-0.3, -0.25) is 19.8 Å². The molecule has 0 aromatic carbocycles. The molecule has 1 saturated heterocycles. The molecule has 21 heavy (non-hydrogen) atoms. The Kier molecular flexibility index (Phi) is 3.44. The first-order chi connectivity index (χ1) is 10.1. The van der Waals surface area contributed by atoms with Crippen molar-refractivity contribution in [1.82, 2.24) is 20.4 Å². The molecule has 0 radical (unpaired) electrons. The minimum absolute atomic E-state index is 0.0116. The molecule has 1 atom stereocenters. The molecule has 2 heterocycles. The monoisotopic (exact) mass is 292 g/mol. The molecule has 1 aromatic heterocycles. The van der Waals surface area contributed by atoms with E-state index in [2.05, 4.69) is 15.5 Å². The summed E-state index contributed by atoms with van der Waals surface area (Å²) in [5.41, 5.74) is 0. The number of rotatable bonds is 3. The van der Waals surface area contributed by atoms with Crippen molar-refractivity contribution in [2.24, 2.45) is 11.8 Å². The van der Waals surface area contributed by atoms with Crippen LogP contribution in [0, 0.1) is 18.8 Å². The number of imide groups is 2. The van der Waals surface area contributed by atoms with Crippen molar-refractivity contribution in [3.63, 3.8) is 0 Å². The molecule has 1 aliphatic heterocycles. The first kappa shape index (κ1) is 13.7. The van der Waals surface area contributed by atoms with Crippen molar-refractivity contribution in [1.29, 1.82) is 0 Å². The van der Waals surface area contributed by atoms with Gasteiger partial charge in [-0.1, -0.05) is 18.0 Å². The van der Waals surface area contributed by atoms with E-state index in [4.69, 9.17) is 4.52 Å². The molecule has 2 fully saturated rings. The average Bonchev–Trinajstić information content (AvgIpc) is 3.06. The van der Waals surface area contributed by atoms with E-state index in [1.807, 2.05) is 0 Å². The molecular weight excluding hydrogens is 276 g/mol. The van der Waals surface area contributed by atoms with Gasteiger partial charge in [0.2, 0.25) is 17.7 Å². The summed E-state index contributed by atoms with van der Waals surface area (Å²) >= 11 is 0. The molecule has 1 aliphatic carbocycles. The minimum atomic E-state index is -0.783. The number of urea groups is 1. The van der Waals surface area contributed by atoms with E-state index in [1.165, 1.54) is 0 Å². The van der Waals surface area contributed by atoms with Gasteiger partial charge in [0.15, 0.2) is 5.82 Å². The Bertz CT molecular complexity index is 591. The summed E-state index contributed by atoms with van der Waals surface area (Å²) in [5.74, 6) is -1.12. The molecule has 1 saturated carbocycles. The largest absolute Gasteiger partial charge is 0.337 e. The molecule has 2 aliphatic rings. The van der Waals surface area contributed by atoms with E-state index in [1.54, 1.807) is 6.92 Å². The highest BCUT2D eigenvalue weighted by molar-refractivity contribution is 6.16. The summed E-state index contributed by atoms with van der Waals surface area (Å²) in [6.45, 7) is 1.54. The fraction of sp³-hybridized carbons (Fsp3) is 0.615. The van der Waals surface area contributed by atoms with E-state index < -0.39 is 23.8 Å². The van der Waals surface area contributed by atoms with Crippen molar-refractivity contribution in [2.75, 3.05) is 0 Å². The van der Waals surface area contributed by atoms with E-state index in [9.17, 15) is 14.4 Å². The number of aryl methyl sites for hydroxylation is 1. The molecular formula is C13H16N4O4. The van der Waals surface area contributed by atoms with Crippen LogP contribution in [-0.4, -0.2) is 32.9 Å². The summed E-state index contributed by atoms with van der Waals surface area (Å²) in [5, 5.41) is 5.87. The topological polar surface area (TPSA) is 105 Å². The van der Waals surface area contributed by atoms with Gasteiger partial charge in [0.05, 0.1) is 0 Å². The lowest BCUT2D eigenvalue weighted by atomic mass is 9.87. The quantitative estimate of drug-likeness (QED) is 0.825. The van der Waals surface area contributed by atoms with E-state index in [0.717, 1.165) is 30.6 Å². The molecule has 8 nitrogen and oxygen atoms in total. The van der Waals surface area contributed by atoms with Gasteiger partial charge in [-0.05, 0) is 25.7 Å². The number of hydrogen-bond donors (Lipinski definition) is 1. The van der Waals surface area contributed by atoms with Crippen molar-refractivity contribution >= 4 is 17.8 Å². The number of nitrogens with zero attached hydrogens (tertiary/aromatic N) is 3. The maximum Gasteiger partial charge on any atom is 0.331 e. The fourth-order valence-corrected chi connectivity index (χ4v) is 3.03. The molecule has 3 rings (SSSR count). The lowest BCUT2D eigenvalue weighted by molar-refractivity contribution is -0.145. The van der Waals surface area contributed by atoms with E-state index >= 15 is 0 Å². The normalized spacial score (nSPS) is 23.8. The van der Waals surface area contributed by atoms with Gasteiger partial charge in [-0.2, -0.15) is 4.98 Å². The van der Waals surface area contributed by atoms with Gasteiger partial charge < -0.3 is 4.52 Å². The predicted molar refractivity (Wildman–Crippen MR) is 68.6 cm³/mol. The lowest BCUT2D eigenvalue weighted by Crippen LogP contribution is -2.59. The highest BCUT2D eigenvalue weighted by Gasteiger charge is 2.45. The van der Waals surface area contributed by atoms with Gasteiger partial charge >= 0.3 is 6.03 Å². The van der Waals surface area contributed by atoms with Crippen LogP contribution in [0.3, 0.4) is 0 Å². The van der Waals surface area contributed by atoms with Gasteiger partial charge in [0.25, 0.3) is 0 Å². The zero-order valence-electron chi connectivity index (χ0n) is 11.7. The van der Waals surface area contributed by atoms with E-state index in [0.29, 0.717) is 5.82 Å². The van der Waals surface area contributed by atoms with Crippen LogP contribution < -0.4 is 5.32 Å². The van der Waals surface area contributed by atoms with Gasteiger partial charge in [-0.15, -0.1) is 0 Å². The lowest BCUT2D eigenvalue weighted by Gasteiger charge is -2.31. The maximum absolute atomic E-state index is 12.5. The number of amides is 4. The molecule has 4 amide bonds. The zero-order chi connectivity index (χ0) is 15.0. The standard InChI is InChI=1S/C13H16N4O4/c1-7-14-9(21-16-7)6-17-12(19)10(8-4-2-3-5-8)11(18)15-13(17)20/h8,10H,2-6H2,1H3,(H,15,18,20). The number of carbonyl (C=O) groups excluding carboxylic acids is 3. The Morgan fingerprint density at radius 2 is 2.00 bits per heavy atom. The second kappa shape index (κ2) is 5.27. The predicted octanol–water partition coefficient (Wildman–Crippen LogP) is 0.763. The number of aromatic nitrogens is 2. The van der Waals surface area contributed by atoms with Crippen LogP contribution in [-0.2, 0) is 16.1 Å². The van der Waals surface area contributed by atoms with Crippen LogP contribution >= 0.6 is 0 Å². The van der Waals surface area contributed by atoms with Crippen molar-refractivity contribution in [2.45, 2.75) is 39.2 Å². The number of barbiturate groups is 1.